The summed E-state index contributed by atoms with van der Waals surface area (Å²) in [6.45, 7) is 8.82. The van der Waals surface area contributed by atoms with Crippen molar-refractivity contribution in [3.05, 3.63) is 35.4 Å². The van der Waals surface area contributed by atoms with Crippen molar-refractivity contribution < 1.29 is 13.2 Å². The maximum absolute atomic E-state index is 13.2. The lowest BCUT2D eigenvalue weighted by molar-refractivity contribution is -0.138. The van der Waals surface area contributed by atoms with Crippen molar-refractivity contribution in [2.75, 3.05) is 6.54 Å². The molecule has 1 aromatic rings. The fourth-order valence-corrected chi connectivity index (χ4v) is 2.29. The minimum atomic E-state index is -4.31. The molecule has 1 nitrogen and oxygen atoms in total. The zero-order valence-corrected chi connectivity index (χ0v) is 12.6. The monoisotopic (exact) mass is 287 g/mol. The number of rotatable bonds is 6. The van der Waals surface area contributed by atoms with Crippen LogP contribution in [0.5, 0.6) is 0 Å². The second-order valence-electron chi connectivity index (χ2n) is 5.62. The van der Waals surface area contributed by atoms with Crippen LogP contribution >= 0.6 is 0 Å². The Labute approximate surface area is 119 Å². The number of hydrogen-bond acceptors (Lipinski definition) is 1. The molecule has 1 N–H and O–H groups in total. The maximum atomic E-state index is 13.2. The maximum Gasteiger partial charge on any atom is 0.416 e. The van der Waals surface area contributed by atoms with Crippen LogP contribution in [-0.2, 0) is 6.18 Å². The highest BCUT2D eigenvalue weighted by Gasteiger charge is 2.36. The largest absolute Gasteiger partial charge is 0.416 e. The number of halogens is 3. The van der Waals surface area contributed by atoms with Crippen LogP contribution in [-0.4, -0.2) is 6.54 Å². The van der Waals surface area contributed by atoms with E-state index in [0.717, 1.165) is 6.42 Å². The third-order valence-corrected chi connectivity index (χ3v) is 3.79. The smallest absolute Gasteiger partial charge is 0.310 e. The van der Waals surface area contributed by atoms with Gasteiger partial charge in [-0.05, 0) is 36.4 Å². The van der Waals surface area contributed by atoms with E-state index >= 15 is 0 Å². The Kier molecular flexibility index (Phi) is 6.06. The van der Waals surface area contributed by atoms with Crippen LogP contribution in [0.1, 0.15) is 51.3 Å². The van der Waals surface area contributed by atoms with Crippen molar-refractivity contribution in [2.45, 2.75) is 46.3 Å². The van der Waals surface area contributed by atoms with Gasteiger partial charge in [-0.25, -0.2) is 0 Å². The first kappa shape index (κ1) is 17.0. The highest BCUT2D eigenvalue weighted by Crippen LogP contribution is 2.38. The standard InChI is InChI=1S/C16H24F3N/c1-5-10-20-15(12(4)11(2)3)13-8-6-7-9-14(13)16(17,18)19/h6-9,11-12,15,20H,5,10H2,1-4H3. The molecule has 4 heteroatoms. The molecular formula is C16H24F3N. The first-order chi connectivity index (χ1) is 9.29. The quantitative estimate of drug-likeness (QED) is 0.773. The molecule has 1 rings (SSSR count). The summed E-state index contributed by atoms with van der Waals surface area (Å²) in [6, 6.07) is 5.62. The van der Waals surface area contributed by atoms with E-state index in [9.17, 15) is 13.2 Å². The SMILES string of the molecule is CCCNC(c1ccccc1C(F)(F)F)C(C)C(C)C. The van der Waals surface area contributed by atoms with Crippen LogP contribution < -0.4 is 5.32 Å². The van der Waals surface area contributed by atoms with E-state index in [1.54, 1.807) is 12.1 Å². The minimum Gasteiger partial charge on any atom is -0.310 e. The molecule has 0 saturated carbocycles. The van der Waals surface area contributed by atoms with E-state index in [0.29, 0.717) is 18.0 Å². The Balaban J connectivity index is 3.20. The van der Waals surface area contributed by atoms with Crippen LogP contribution in [0.25, 0.3) is 0 Å². The topological polar surface area (TPSA) is 12.0 Å². The number of nitrogens with one attached hydrogen (secondary N) is 1. The summed E-state index contributed by atoms with van der Waals surface area (Å²) < 4.78 is 39.5. The molecule has 2 unspecified atom stereocenters. The molecule has 1 aromatic carbocycles. The molecule has 0 bridgehead atoms. The zero-order chi connectivity index (χ0) is 15.3. The van der Waals surface area contributed by atoms with Gasteiger partial charge in [0.1, 0.15) is 0 Å². The fraction of sp³-hybridized carbons (Fsp3) is 0.625. The van der Waals surface area contributed by atoms with E-state index in [-0.39, 0.29) is 12.0 Å². The molecular weight excluding hydrogens is 263 g/mol. The Morgan fingerprint density at radius 1 is 1.10 bits per heavy atom. The van der Waals surface area contributed by atoms with Gasteiger partial charge in [0.25, 0.3) is 0 Å². The van der Waals surface area contributed by atoms with Crippen LogP contribution in [0.3, 0.4) is 0 Å². The molecule has 0 aliphatic rings. The van der Waals surface area contributed by atoms with Crippen molar-refractivity contribution in [1.82, 2.24) is 5.32 Å². The van der Waals surface area contributed by atoms with Crippen LogP contribution in [0.15, 0.2) is 24.3 Å². The molecule has 0 saturated heterocycles. The molecule has 2 atom stereocenters. The van der Waals surface area contributed by atoms with Gasteiger partial charge in [-0.15, -0.1) is 0 Å². The lowest BCUT2D eigenvalue weighted by atomic mass is 9.84. The van der Waals surface area contributed by atoms with E-state index < -0.39 is 11.7 Å². The summed E-state index contributed by atoms with van der Waals surface area (Å²) in [6.07, 6.45) is -3.41. The Hall–Kier alpha value is -1.03. The first-order valence-electron chi connectivity index (χ1n) is 7.18. The van der Waals surface area contributed by atoms with Crippen molar-refractivity contribution in [1.29, 1.82) is 0 Å². The molecule has 0 aliphatic carbocycles. The summed E-state index contributed by atoms with van der Waals surface area (Å²) in [4.78, 5) is 0. The van der Waals surface area contributed by atoms with E-state index in [2.05, 4.69) is 5.32 Å². The van der Waals surface area contributed by atoms with Gasteiger partial charge in [0.15, 0.2) is 0 Å². The van der Waals surface area contributed by atoms with Gasteiger partial charge in [0.2, 0.25) is 0 Å². The zero-order valence-electron chi connectivity index (χ0n) is 12.6. The third-order valence-electron chi connectivity index (χ3n) is 3.79. The number of hydrogen-bond donors (Lipinski definition) is 1. The van der Waals surface area contributed by atoms with Crippen molar-refractivity contribution >= 4 is 0 Å². The molecule has 0 heterocycles. The molecule has 114 valence electrons. The van der Waals surface area contributed by atoms with Crippen molar-refractivity contribution in [2.24, 2.45) is 11.8 Å². The summed E-state index contributed by atoms with van der Waals surface area (Å²) in [5.41, 5.74) is -0.171. The van der Waals surface area contributed by atoms with Crippen LogP contribution in [0, 0.1) is 11.8 Å². The summed E-state index contributed by atoms with van der Waals surface area (Å²) in [7, 11) is 0. The predicted molar refractivity (Wildman–Crippen MR) is 76.5 cm³/mol. The highest BCUT2D eigenvalue weighted by atomic mass is 19.4. The van der Waals surface area contributed by atoms with Crippen molar-refractivity contribution in [3.8, 4) is 0 Å². The third kappa shape index (κ3) is 4.23. The minimum absolute atomic E-state index is 0.130. The molecule has 0 fully saturated rings. The van der Waals surface area contributed by atoms with Gasteiger partial charge in [-0.3, -0.25) is 0 Å². The van der Waals surface area contributed by atoms with E-state index in [1.165, 1.54) is 12.1 Å². The van der Waals surface area contributed by atoms with Gasteiger partial charge < -0.3 is 5.32 Å². The lowest BCUT2D eigenvalue weighted by Crippen LogP contribution is -2.32. The lowest BCUT2D eigenvalue weighted by Gasteiger charge is -2.30. The van der Waals surface area contributed by atoms with Gasteiger partial charge in [0.05, 0.1) is 5.56 Å². The Morgan fingerprint density at radius 3 is 2.20 bits per heavy atom. The molecule has 20 heavy (non-hydrogen) atoms. The Morgan fingerprint density at radius 2 is 1.70 bits per heavy atom. The average molecular weight is 287 g/mol. The van der Waals surface area contributed by atoms with Gasteiger partial charge >= 0.3 is 6.18 Å². The van der Waals surface area contributed by atoms with Gasteiger partial charge in [-0.1, -0.05) is 45.9 Å². The van der Waals surface area contributed by atoms with Gasteiger partial charge in [-0.2, -0.15) is 13.2 Å². The van der Waals surface area contributed by atoms with Crippen LogP contribution in [0.4, 0.5) is 13.2 Å². The Bertz CT molecular complexity index is 412. The number of alkyl halides is 3. The molecule has 0 amide bonds. The highest BCUT2D eigenvalue weighted by molar-refractivity contribution is 5.33. The molecule has 0 aliphatic heterocycles. The second kappa shape index (κ2) is 7.11. The molecule has 0 aromatic heterocycles. The van der Waals surface area contributed by atoms with Crippen molar-refractivity contribution in [3.63, 3.8) is 0 Å². The fourth-order valence-electron chi connectivity index (χ4n) is 2.29. The molecule has 0 radical (unpaired) electrons. The normalized spacial score (nSPS) is 15.4. The van der Waals surface area contributed by atoms with Gasteiger partial charge in [0, 0.05) is 6.04 Å². The summed E-state index contributed by atoms with van der Waals surface area (Å²) in [5, 5.41) is 3.28. The summed E-state index contributed by atoms with van der Waals surface area (Å²) in [5.74, 6) is 0.440. The predicted octanol–water partition coefficient (Wildman–Crippen LogP) is 5.04. The average Bonchev–Trinajstić information content (AvgIpc) is 2.38. The first-order valence-corrected chi connectivity index (χ1v) is 7.18. The van der Waals surface area contributed by atoms with Crippen LogP contribution in [0.2, 0.25) is 0 Å². The molecule has 0 spiro atoms. The second-order valence-corrected chi connectivity index (χ2v) is 5.62. The number of benzene rings is 1. The summed E-state index contributed by atoms with van der Waals surface area (Å²) >= 11 is 0. The van der Waals surface area contributed by atoms with E-state index in [4.69, 9.17) is 0 Å². The van der Waals surface area contributed by atoms with E-state index in [1.807, 2.05) is 27.7 Å².